The number of ether oxygens (including phenoxy) is 3. The standard InChI is InChI=1S/C5H10O4/c1-5(8-3-6)9-4-7-2/h3,5H,4H2,1-2H3. The fraction of sp³-hybridized carbons (Fsp3) is 0.800. The lowest BCUT2D eigenvalue weighted by molar-refractivity contribution is -0.181. The first-order valence-electron chi connectivity index (χ1n) is 2.51. The molecule has 4 heteroatoms. The van der Waals surface area contributed by atoms with Crippen molar-refractivity contribution >= 4 is 6.47 Å². The van der Waals surface area contributed by atoms with Gasteiger partial charge in [0.2, 0.25) is 6.29 Å². The molecule has 1 unspecified atom stereocenters. The maximum atomic E-state index is 9.64. The maximum Gasteiger partial charge on any atom is 0.295 e. The van der Waals surface area contributed by atoms with Crippen LogP contribution in [0, 0.1) is 0 Å². The predicted molar refractivity (Wildman–Crippen MR) is 29.6 cm³/mol. The Morgan fingerprint density at radius 2 is 2.33 bits per heavy atom. The molecule has 0 aliphatic rings. The Bertz CT molecular complexity index is 73.4. The molecule has 0 aromatic rings. The summed E-state index contributed by atoms with van der Waals surface area (Å²) in [5.41, 5.74) is 0. The molecule has 0 saturated heterocycles. The molecular weight excluding hydrogens is 124 g/mol. The number of carbonyl (C=O) groups is 1. The third kappa shape index (κ3) is 5.26. The predicted octanol–water partition coefficient (Wildman–Crippen LogP) is 0.126. The first kappa shape index (κ1) is 8.39. The van der Waals surface area contributed by atoms with E-state index >= 15 is 0 Å². The highest BCUT2D eigenvalue weighted by Gasteiger charge is 1.97. The van der Waals surface area contributed by atoms with E-state index in [1.165, 1.54) is 7.11 Å². The quantitative estimate of drug-likeness (QED) is 0.396. The van der Waals surface area contributed by atoms with Crippen LogP contribution in [0.1, 0.15) is 6.92 Å². The first-order chi connectivity index (χ1) is 4.31. The van der Waals surface area contributed by atoms with Crippen LogP contribution in [0.5, 0.6) is 0 Å². The molecule has 0 amide bonds. The van der Waals surface area contributed by atoms with Crippen molar-refractivity contribution in [2.24, 2.45) is 0 Å². The van der Waals surface area contributed by atoms with Crippen molar-refractivity contribution < 1.29 is 19.0 Å². The normalized spacial score (nSPS) is 12.7. The van der Waals surface area contributed by atoms with Gasteiger partial charge in [0.05, 0.1) is 0 Å². The molecule has 0 saturated carbocycles. The molecule has 0 aliphatic carbocycles. The summed E-state index contributed by atoms with van der Waals surface area (Å²) < 4.78 is 13.7. The van der Waals surface area contributed by atoms with Crippen LogP contribution >= 0.6 is 0 Å². The lowest BCUT2D eigenvalue weighted by Crippen LogP contribution is -2.13. The molecule has 0 rings (SSSR count). The average molecular weight is 134 g/mol. The van der Waals surface area contributed by atoms with Gasteiger partial charge in [-0.25, -0.2) is 0 Å². The molecule has 54 valence electrons. The van der Waals surface area contributed by atoms with Gasteiger partial charge in [-0.1, -0.05) is 0 Å². The van der Waals surface area contributed by atoms with Crippen molar-refractivity contribution in [1.29, 1.82) is 0 Å². The zero-order valence-corrected chi connectivity index (χ0v) is 5.49. The summed E-state index contributed by atoms with van der Waals surface area (Å²) >= 11 is 0. The number of carbonyl (C=O) groups excluding carboxylic acids is 1. The van der Waals surface area contributed by atoms with Crippen LogP contribution in [0.3, 0.4) is 0 Å². The van der Waals surface area contributed by atoms with Crippen LogP contribution in [0.15, 0.2) is 0 Å². The van der Waals surface area contributed by atoms with Gasteiger partial charge in [-0.15, -0.1) is 0 Å². The van der Waals surface area contributed by atoms with Gasteiger partial charge in [0.25, 0.3) is 6.47 Å². The number of methoxy groups -OCH3 is 1. The van der Waals surface area contributed by atoms with Gasteiger partial charge in [0.15, 0.2) is 6.79 Å². The van der Waals surface area contributed by atoms with Crippen molar-refractivity contribution in [3.05, 3.63) is 0 Å². The van der Waals surface area contributed by atoms with Crippen LogP contribution in [-0.4, -0.2) is 26.7 Å². The molecule has 0 aromatic carbocycles. The van der Waals surface area contributed by atoms with E-state index in [4.69, 9.17) is 4.74 Å². The SMILES string of the molecule is COCOC(C)OC=O. The highest BCUT2D eigenvalue weighted by atomic mass is 16.7. The van der Waals surface area contributed by atoms with Gasteiger partial charge >= 0.3 is 0 Å². The minimum Gasteiger partial charge on any atom is -0.438 e. The van der Waals surface area contributed by atoms with Gasteiger partial charge in [0, 0.05) is 7.11 Å². The maximum absolute atomic E-state index is 9.64. The Labute approximate surface area is 53.7 Å². The summed E-state index contributed by atoms with van der Waals surface area (Å²) in [6.45, 7) is 2.07. The highest BCUT2D eigenvalue weighted by Crippen LogP contribution is 1.88. The van der Waals surface area contributed by atoms with E-state index in [2.05, 4.69) is 9.47 Å². The molecule has 4 nitrogen and oxygen atoms in total. The number of hydrogen-bond donors (Lipinski definition) is 0. The molecule has 0 heterocycles. The van der Waals surface area contributed by atoms with Crippen molar-refractivity contribution in [3.63, 3.8) is 0 Å². The number of rotatable bonds is 5. The summed E-state index contributed by atoms with van der Waals surface area (Å²) in [7, 11) is 1.49. The Balaban J connectivity index is 3.04. The second kappa shape index (κ2) is 5.53. The van der Waals surface area contributed by atoms with E-state index in [0.29, 0.717) is 6.47 Å². The lowest BCUT2D eigenvalue weighted by atomic mass is 10.8. The molecular formula is C5H10O4. The molecule has 1 atom stereocenters. The smallest absolute Gasteiger partial charge is 0.295 e. The zero-order chi connectivity index (χ0) is 7.11. The van der Waals surface area contributed by atoms with Gasteiger partial charge < -0.3 is 14.2 Å². The molecule has 0 radical (unpaired) electrons. The van der Waals surface area contributed by atoms with Gasteiger partial charge in [-0.2, -0.15) is 0 Å². The van der Waals surface area contributed by atoms with Crippen LogP contribution < -0.4 is 0 Å². The Kier molecular flexibility index (Phi) is 5.15. The Morgan fingerprint density at radius 3 is 2.78 bits per heavy atom. The van der Waals surface area contributed by atoms with Gasteiger partial charge in [-0.3, -0.25) is 4.79 Å². The fourth-order valence-electron chi connectivity index (χ4n) is 0.281. The van der Waals surface area contributed by atoms with E-state index in [-0.39, 0.29) is 6.79 Å². The van der Waals surface area contributed by atoms with Crippen molar-refractivity contribution in [3.8, 4) is 0 Å². The van der Waals surface area contributed by atoms with Crippen LogP contribution in [0.25, 0.3) is 0 Å². The monoisotopic (exact) mass is 134 g/mol. The average Bonchev–Trinajstić information content (AvgIpc) is 1.85. The minimum absolute atomic E-state index is 0.134. The third-order valence-corrected chi connectivity index (χ3v) is 0.668. The van der Waals surface area contributed by atoms with Crippen molar-refractivity contribution in [1.82, 2.24) is 0 Å². The number of hydrogen-bond acceptors (Lipinski definition) is 4. The second-order valence-corrected chi connectivity index (χ2v) is 1.37. The minimum atomic E-state index is -0.526. The largest absolute Gasteiger partial charge is 0.438 e. The van der Waals surface area contributed by atoms with Gasteiger partial charge in [-0.05, 0) is 6.92 Å². The van der Waals surface area contributed by atoms with E-state index in [1.54, 1.807) is 6.92 Å². The Hall–Kier alpha value is -0.610. The molecule has 0 N–H and O–H groups in total. The topological polar surface area (TPSA) is 44.8 Å². The zero-order valence-electron chi connectivity index (χ0n) is 5.49. The first-order valence-corrected chi connectivity index (χ1v) is 2.51. The summed E-state index contributed by atoms with van der Waals surface area (Å²) in [6.07, 6.45) is -0.526. The summed E-state index contributed by atoms with van der Waals surface area (Å²) in [6, 6.07) is 0. The van der Waals surface area contributed by atoms with Crippen molar-refractivity contribution in [2.75, 3.05) is 13.9 Å². The lowest BCUT2D eigenvalue weighted by Gasteiger charge is -2.08. The second-order valence-electron chi connectivity index (χ2n) is 1.37. The molecule has 0 spiro atoms. The van der Waals surface area contributed by atoms with Crippen LogP contribution in [0.2, 0.25) is 0 Å². The van der Waals surface area contributed by atoms with Crippen LogP contribution in [-0.2, 0) is 19.0 Å². The fourth-order valence-corrected chi connectivity index (χ4v) is 0.281. The summed E-state index contributed by atoms with van der Waals surface area (Å²) in [4.78, 5) is 9.64. The van der Waals surface area contributed by atoms with E-state index in [1.807, 2.05) is 0 Å². The van der Waals surface area contributed by atoms with Gasteiger partial charge in [0.1, 0.15) is 0 Å². The summed E-state index contributed by atoms with van der Waals surface area (Å²) in [5, 5.41) is 0. The molecule has 9 heavy (non-hydrogen) atoms. The van der Waals surface area contributed by atoms with E-state index < -0.39 is 6.29 Å². The molecule has 0 bridgehead atoms. The third-order valence-electron chi connectivity index (χ3n) is 0.668. The molecule has 0 aromatic heterocycles. The summed E-state index contributed by atoms with van der Waals surface area (Å²) in [5.74, 6) is 0. The van der Waals surface area contributed by atoms with Crippen molar-refractivity contribution in [2.45, 2.75) is 13.2 Å². The van der Waals surface area contributed by atoms with E-state index in [9.17, 15) is 4.79 Å². The van der Waals surface area contributed by atoms with Crippen LogP contribution in [0.4, 0.5) is 0 Å². The molecule has 0 aliphatic heterocycles. The Morgan fingerprint density at radius 1 is 1.67 bits per heavy atom. The van der Waals surface area contributed by atoms with E-state index in [0.717, 1.165) is 0 Å². The highest BCUT2D eigenvalue weighted by molar-refractivity contribution is 5.36. The molecule has 0 fully saturated rings.